The largest absolute Gasteiger partial charge is 0.332 e. The summed E-state index contributed by atoms with van der Waals surface area (Å²) in [6.45, 7) is 6.65. The minimum atomic E-state index is -0.800. The molecule has 0 aliphatic carbocycles. The van der Waals surface area contributed by atoms with Gasteiger partial charge in [0.2, 0.25) is 5.91 Å². The van der Waals surface area contributed by atoms with Crippen LogP contribution in [0, 0.1) is 5.92 Å². The number of hydrogen-bond acceptors (Lipinski definition) is 3. The number of nitrogens with zero attached hydrogens (tertiary/aromatic N) is 2. The molecular weight excluding hydrogens is 378 g/mol. The van der Waals surface area contributed by atoms with Crippen molar-refractivity contribution in [3.8, 4) is 0 Å². The molecule has 0 saturated carbocycles. The van der Waals surface area contributed by atoms with Gasteiger partial charge in [0.1, 0.15) is 6.04 Å². The maximum Gasteiger partial charge on any atom is 0.332 e. The molecule has 158 valence electrons. The van der Waals surface area contributed by atoms with Crippen molar-refractivity contribution in [1.82, 2.24) is 4.90 Å². The van der Waals surface area contributed by atoms with E-state index in [-0.39, 0.29) is 24.3 Å². The summed E-state index contributed by atoms with van der Waals surface area (Å²) < 4.78 is 0. The van der Waals surface area contributed by atoms with Crippen molar-refractivity contribution in [3.63, 3.8) is 0 Å². The van der Waals surface area contributed by atoms with Gasteiger partial charge in [0, 0.05) is 12.2 Å². The van der Waals surface area contributed by atoms with Gasteiger partial charge in [-0.2, -0.15) is 0 Å². The Morgan fingerprint density at radius 3 is 2.30 bits per heavy atom. The van der Waals surface area contributed by atoms with Crippen LogP contribution in [0.3, 0.4) is 0 Å². The highest BCUT2D eigenvalue weighted by Gasteiger charge is 2.46. The molecule has 2 aromatic carbocycles. The lowest BCUT2D eigenvalue weighted by Gasteiger charge is -2.22. The summed E-state index contributed by atoms with van der Waals surface area (Å²) in [6, 6.07) is 15.3. The molecule has 1 heterocycles. The molecule has 0 aromatic heterocycles. The van der Waals surface area contributed by atoms with Crippen LogP contribution in [0.15, 0.2) is 54.6 Å². The molecule has 4 amide bonds. The van der Waals surface area contributed by atoms with E-state index in [1.807, 2.05) is 30.3 Å². The Bertz CT molecular complexity index is 894. The molecule has 1 atom stereocenters. The number of urea groups is 1. The summed E-state index contributed by atoms with van der Waals surface area (Å²) in [5.41, 5.74) is 2.39. The van der Waals surface area contributed by atoms with Crippen molar-refractivity contribution < 1.29 is 14.4 Å². The molecule has 1 N–H and O–H groups in total. The number of aryl methyl sites for hydroxylation is 1. The molecule has 0 radical (unpaired) electrons. The lowest BCUT2D eigenvalue weighted by atomic mass is 10.1. The SMILES string of the molecule is CCc1ccc(NC(=O)CC2C(=O)N(c3ccccc3)C(=O)N2CCC(C)C)cc1. The number of rotatable bonds is 8. The molecule has 1 unspecified atom stereocenters. The third-order valence-corrected chi connectivity index (χ3v) is 5.31. The van der Waals surface area contributed by atoms with E-state index in [9.17, 15) is 14.4 Å². The highest BCUT2D eigenvalue weighted by molar-refractivity contribution is 6.22. The molecule has 0 bridgehead atoms. The van der Waals surface area contributed by atoms with Crippen molar-refractivity contribution in [2.45, 2.75) is 46.1 Å². The Kier molecular flexibility index (Phi) is 6.87. The van der Waals surface area contributed by atoms with Crippen LogP contribution in [0.1, 0.15) is 39.2 Å². The second kappa shape index (κ2) is 9.57. The standard InChI is InChI=1S/C24H29N3O3/c1-4-18-10-12-19(13-11-18)25-22(28)16-21-23(29)27(20-8-6-5-7-9-20)24(30)26(21)15-14-17(2)3/h5-13,17,21H,4,14-16H2,1-3H3,(H,25,28). The summed E-state index contributed by atoms with van der Waals surface area (Å²) in [5.74, 6) is -0.258. The van der Waals surface area contributed by atoms with Crippen LogP contribution in [-0.2, 0) is 16.0 Å². The Labute approximate surface area is 177 Å². The van der Waals surface area contributed by atoms with Gasteiger partial charge in [-0.1, -0.05) is 51.1 Å². The van der Waals surface area contributed by atoms with Gasteiger partial charge in [0.15, 0.2) is 0 Å². The first-order chi connectivity index (χ1) is 14.4. The van der Waals surface area contributed by atoms with Crippen molar-refractivity contribution in [3.05, 3.63) is 60.2 Å². The van der Waals surface area contributed by atoms with E-state index in [1.54, 1.807) is 24.3 Å². The summed E-state index contributed by atoms with van der Waals surface area (Å²) in [7, 11) is 0. The van der Waals surface area contributed by atoms with Gasteiger partial charge < -0.3 is 10.2 Å². The number of benzene rings is 2. The number of carbonyl (C=O) groups is 3. The lowest BCUT2D eigenvalue weighted by Crippen LogP contribution is -2.39. The molecule has 1 fully saturated rings. The highest BCUT2D eigenvalue weighted by atomic mass is 16.2. The minimum absolute atomic E-state index is 0.0679. The van der Waals surface area contributed by atoms with Crippen molar-refractivity contribution in [2.24, 2.45) is 5.92 Å². The van der Waals surface area contributed by atoms with Gasteiger partial charge >= 0.3 is 6.03 Å². The molecule has 30 heavy (non-hydrogen) atoms. The fraction of sp³-hybridized carbons (Fsp3) is 0.375. The average Bonchev–Trinajstić information content (AvgIpc) is 2.96. The number of nitrogens with one attached hydrogen (secondary N) is 1. The summed E-state index contributed by atoms with van der Waals surface area (Å²) >= 11 is 0. The molecule has 1 aliphatic rings. The third-order valence-electron chi connectivity index (χ3n) is 5.31. The molecule has 1 aliphatic heterocycles. The first-order valence-electron chi connectivity index (χ1n) is 10.5. The van der Waals surface area contributed by atoms with Crippen LogP contribution in [0.5, 0.6) is 0 Å². The number of imide groups is 1. The van der Waals surface area contributed by atoms with Crippen LogP contribution in [-0.4, -0.2) is 35.3 Å². The van der Waals surface area contributed by atoms with Crippen LogP contribution < -0.4 is 10.2 Å². The predicted octanol–water partition coefficient (Wildman–Crippen LogP) is 4.46. The van der Waals surface area contributed by atoms with E-state index in [0.717, 1.165) is 12.8 Å². The monoisotopic (exact) mass is 407 g/mol. The molecule has 3 rings (SSSR count). The number of hydrogen-bond donors (Lipinski definition) is 1. The zero-order valence-corrected chi connectivity index (χ0v) is 17.8. The predicted molar refractivity (Wildman–Crippen MR) is 118 cm³/mol. The summed E-state index contributed by atoms with van der Waals surface area (Å²) in [4.78, 5) is 41.6. The van der Waals surface area contributed by atoms with E-state index >= 15 is 0 Å². The van der Waals surface area contributed by atoms with Crippen molar-refractivity contribution in [2.75, 3.05) is 16.8 Å². The molecule has 6 heteroatoms. The van der Waals surface area contributed by atoms with E-state index in [1.165, 1.54) is 15.4 Å². The Morgan fingerprint density at radius 1 is 1.03 bits per heavy atom. The second-order valence-electron chi connectivity index (χ2n) is 7.99. The average molecular weight is 408 g/mol. The van der Waals surface area contributed by atoms with Crippen LogP contribution in [0.2, 0.25) is 0 Å². The fourth-order valence-corrected chi connectivity index (χ4v) is 3.51. The third kappa shape index (κ3) is 4.87. The van der Waals surface area contributed by atoms with Gasteiger partial charge in [0.05, 0.1) is 12.1 Å². The second-order valence-corrected chi connectivity index (χ2v) is 7.99. The van der Waals surface area contributed by atoms with Gasteiger partial charge in [-0.25, -0.2) is 9.69 Å². The molecular formula is C24H29N3O3. The fourth-order valence-electron chi connectivity index (χ4n) is 3.51. The first-order valence-corrected chi connectivity index (χ1v) is 10.5. The summed E-state index contributed by atoms with van der Waals surface area (Å²) in [5, 5.41) is 2.85. The highest BCUT2D eigenvalue weighted by Crippen LogP contribution is 2.27. The van der Waals surface area contributed by atoms with E-state index in [4.69, 9.17) is 0 Å². The topological polar surface area (TPSA) is 69.7 Å². The Hall–Kier alpha value is -3.15. The zero-order valence-electron chi connectivity index (χ0n) is 17.8. The maximum atomic E-state index is 13.1. The van der Waals surface area contributed by atoms with Gasteiger partial charge in [-0.05, 0) is 48.6 Å². The van der Waals surface area contributed by atoms with Crippen LogP contribution in [0.25, 0.3) is 0 Å². The van der Waals surface area contributed by atoms with Crippen molar-refractivity contribution >= 4 is 29.2 Å². The molecule has 2 aromatic rings. The Morgan fingerprint density at radius 2 is 1.70 bits per heavy atom. The van der Waals surface area contributed by atoms with Gasteiger partial charge in [-0.3, -0.25) is 9.59 Å². The van der Waals surface area contributed by atoms with E-state index in [0.29, 0.717) is 23.8 Å². The summed E-state index contributed by atoms with van der Waals surface area (Å²) in [6.07, 6.45) is 1.62. The van der Waals surface area contributed by atoms with Gasteiger partial charge in [-0.15, -0.1) is 0 Å². The Balaban J connectivity index is 1.77. The molecule has 6 nitrogen and oxygen atoms in total. The minimum Gasteiger partial charge on any atom is -0.326 e. The quantitative estimate of drug-likeness (QED) is 0.657. The normalized spacial score (nSPS) is 16.5. The smallest absolute Gasteiger partial charge is 0.326 e. The maximum absolute atomic E-state index is 13.1. The molecule has 1 saturated heterocycles. The number of amides is 4. The number of para-hydroxylation sites is 1. The van der Waals surface area contributed by atoms with Crippen LogP contribution in [0.4, 0.5) is 16.2 Å². The van der Waals surface area contributed by atoms with Gasteiger partial charge in [0.25, 0.3) is 5.91 Å². The van der Waals surface area contributed by atoms with Crippen LogP contribution >= 0.6 is 0 Å². The van der Waals surface area contributed by atoms with Crippen molar-refractivity contribution in [1.29, 1.82) is 0 Å². The first kappa shape index (κ1) is 21.6. The lowest BCUT2D eigenvalue weighted by molar-refractivity contribution is -0.124. The number of anilines is 2. The van der Waals surface area contributed by atoms with E-state index < -0.39 is 6.04 Å². The molecule has 0 spiro atoms. The van der Waals surface area contributed by atoms with E-state index in [2.05, 4.69) is 26.1 Å². The zero-order chi connectivity index (χ0) is 21.7. The number of carbonyl (C=O) groups excluding carboxylic acids is 3.